The summed E-state index contributed by atoms with van der Waals surface area (Å²) >= 11 is 12.9. The van der Waals surface area contributed by atoms with E-state index in [9.17, 15) is 19.8 Å². The quantitative estimate of drug-likeness (QED) is 0.187. The van der Waals surface area contributed by atoms with Crippen LogP contribution in [0, 0.1) is 5.92 Å². The molecule has 4 aromatic rings. The van der Waals surface area contributed by atoms with Crippen LogP contribution in [0.3, 0.4) is 0 Å². The molecule has 2 heterocycles. The van der Waals surface area contributed by atoms with Crippen molar-refractivity contribution in [1.82, 2.24) is 4.90 Å². The van der Waals surface area contributed by atoms with Gasteiger partial charge in [-0.15, -0.1) is 0 Å². The smallest absolute Gasteiger partial charge is 0.321 e. The number of nitrogens with one attached hydrogen (secondary N) is 1. The number of hydrogen-bond donors (Lipinski definition) is 3. The Morgan fingerprint density at radius 3 is 2.14 bits per heavy atom. The van der Waals surface area contributed by atoms with E-state index in [1.165, 1.54) is 0 Å². The van der Waals surface area contributed by atoms with Crippen LogP contribution in [-0.2, 0) is 15.0 Å². The highest BCUT2D eigenvalue weighted by molar-refractivity contribution is 6.31. The first kappa shape index (κ1) is 30.4. The van der Waals surface area contributed by atoms with Crippen molar-refractivity contribution in [1.29, 1.82) is 0 Å². The molecule has 2 aliphatic heterocycles. The Labute approximate surface area is 267 Å². The molecule has 0 aliphatic carbocycles. The van der Waals surface area contributed by atoms with Crippen molar-refractivity contribution < 1.29 is 19.8 Å². The van der Waals surface area contributed by atoms with Gasteiger partial charge < -0.3 is 15.5 Å². The van der Waals surface area contributed by atoms with E-state index in [2.05, 4.69) is 19.2 Å². The maximum Gasteiger partial charge on any atom is 0.321 e. The molecule has 4 aromatic carbocycles. The van der Waals surface area contributed by atoms with Crippen LogP contribution in [0.15, 0.2) is 103 Å². The molecular formula is C36H34Cl2N2O4. The molecule has 8 heteroatoms. The van der Waals surface area contributed by atoms with E-state index < -0.39 is 41.5 Å². The highest BCUT2D eigenvalue weighted by Crippen LogP contribution is 2.62. The third kappa shape index (κ3) is 5.00. The lowest BCUT2D eigenvalue weighted by molar-refractivity contribution is -0.145. The van der Waals surface area contributed by atoms with Crippen molar-refractivity contribution in [2.75, 3.05) is 5.32 Å². The average molecular weight is 630 g/mol. The standard InChI is InChI=1S/C36H34Cl2N2O4/c1-21(2)18-29-36(27-17-16-26(38)20-28(27)39-35(36)44)30(24-14-9-15-25(37)19-24)32(34(42)43)40(29)31(22-10-5-3-6-11-22)33(41)23-12-7-4-8-13-23/h3-17,19-21,29-33,41H,18H2,1-2H3,(H,39,44)(H,42,43). The highest BCUT2D eigenvalue weighted by atomic mass is 35.5. The van der Waals surface area contributed by atoms with Crippen molar-refractivity contribution in [3.05, 3.63) is 135 Å². The number of amides is 1. The van der Waals surface area contributed by atoms with Gasteiger partial charge in [0.1, 0.15) is 11.5 Å². The largest absolute Gasteiger partial charge is 0.480 e. The molecule has 0 bridgehead atoms. The summed E-state index contributed by atoms with van der Waals surface area (Å²) in [6.07, 6.45) is -0.610. The minimum Gasteiger partial charge on any atom is -0.480 e. The van der Waals surface area contributed by atoms with Gasteiger partial charge in [0.15, 0.2) is 0 Å². The summed E-state index contributed by atoms with van der Waals surface area (Å²) in [4.78, 5) is 30.3. The second-order valence-corrected chi connectivity index (χ2v) is 13.0. The Bertz CT molecular complexity index is 1680. The van der Waals surface area contributed by atoms with E-state index in [0.29, 0.717) is 38.8 Å². The number of benzene rings is 4. The number of aliphatic carboxylic acids is 1. The van der Waals surface area contributed by atoms with Crippen LogP contribution in [0.4, 0.5) is 5.69 Å². The Morgan fingerprint density at radius 2 is 1.52 bits per heavy atom. The molecule has 3 N–H and O–H groups in total. The van der Waals surface area contributed by atoms with Crippen molar-refractivity contribution in [3.63, 3.8) is 0 Å². The van der Waals surface area contributed by atoms with Gasteiger partial charge in [-0.3, -0.25) is 14.5 Å². The van der Waals surface area contributed by atoms with Gasteiger partial charge in [0.2, 0.25) is 5.91 Å². The molecule has 6 nitrogen and oxygen atoms in total. The third-order valence-corrected chi connectivity index (χ3v) is 9.59. The van der Waals surface area contributed by atoms with Gasteiger partial charge in [-0.05, 0) is 58.9 Å². The number of aliphatic hydroxyl groups excluding tert-OH is 1. The number of nitrogens with zero attached hydrogens (tertiary/aromatic N) is 1. The topological polar surface area (TPSA) is 89.9 Å². The molecule has 6 rings (SSSR count). The molecule has 1 saturated heterocycles. The Kier molecular flexibility index (Phi) is 8.29. The molecule has 0 radical (unpaired) electrons. The number of carboxylic acids is 1. The van der Waals surface area contributed by atoms with Crippen LogP contribution >= 0.6 is 23.2 Å². The summed E-state index contributed by atoms with van der Waals surface area (Å²) in [7, 11) is 0. The fourth-order valence-corrected chi connectivity index (χ4v) is 7.93. The van der Waals surface area contributed by atoms with Crippen LogP contribution in [0.25, 0.3) is 0 Å². The van der Waals surface area contributed by atoms with Crippen LogP contribution < -0.4 is 5.32 Å². The van der Waals surface area contributed by atoms with Crippen LogP contribution in [0.1, 0.15) is 60.6 Å². The number of carboxylic acid groups (broad SMARTS) is 1. The lowest BCUT2D eigenvalue weighted by Crippen LogP contribution is -2.51. The number of anilines is 1. The number of halogens is 2. The van der Waals surface area contributed by atoms with E-state index in [4.69, 9.17) is 23.2 Å². The van der Waals surface area contributed by atoms with Crippen LogP contribution in [0.2, 0.25) is 10.0 Å². The van der Waals surface area contributed by atoms with Gasteiger partial charge in [-0.1, -0.05) is 116 Å². The Morgan fingerprint density at radius 1 is 0.886 bits per heavy atom. The fourth-order valence-electron chi connectivity index (χ4n) is 7.56. The molecule has 6 atom stereocenters. The minimum atomic E-state index is -1.33. The van der Waals surface area contributed by atoms with Crippen molar-refractivity contribution >= 4 is 40.8 Å². The van der Waals surface area contributed by atoms with Gasteiger partial charge in [0.05, 0.1) is 12.1 Å². The van der Waals surface area contributed by atoms with E-state index >= 15 is 0 Å². The Balaban J connectivity index is 1.70. The van der Waals surface area contributed by atoms with Crippen LogP contribution in [0.5, 0.6) is 0 Å². The van der Waals surface area contributed by atoms with E-state index in [1.54, 1.807) is 30.3 Å². The number of hydrogen-bond acceptors (Lipinski definition) is 4. The predicted octanol–water partition coefficient (Wildman–Crippen LogP) is 7.63. The number of likely N-dealkylation sites (tertiary alicyclic amines) is 1. The van der Waals surface area contributed by atoms with Crippen molar-refractivity contribution in [2.24, 2.45) is 5.92 Å². The zero-order valence-electron chi connectivity index (χ0n) is 24.4. The highest BCUT2D eigenvalue weighted by Gasteiger charge is 2.70. The zero-order valence-corrected chi connectivity index (χ0v) is 25.9. The molecular weight excluding hydrogens is 595 g/mol. The first-order valence-corrected chi connectivity index (χ1v) is 15.5. The average Bonchev–Trinajstić information content (AvgIpc) is 3.45. The molecule has 2 aliphatic rings. The van der Waals surface area contributed by atoms with E-state index in [-0.39, 0.29) is 11.8 Å². The lowest BCUT2D eigenvalue weighted by Gasteiger charge is -2.42. The van der Waals surface area contributed by atoms with E-state index in [0.717, 1.165) is 5.56 Å². The van der Waals surface area contributed by atoms with E-state index in [1.807, 2.05) is 77.7 Å². The fraction of sp³-hybridized carbons (Fsp3) is 0.278. The predicted molar refractivity (Wildman–Crippen MR) is 173 cm³/mol. The summed E-state index contributed by atoms with van der Waals surface area (Å²) in [5.41, 5.74) is 1.96. The number of rotatable bonds is 8. The van der Waals surface area contributed by atoms with Gasteiger partial charge >= 0.3 is 5.97 Å². The van der Waals surface area contributed by atoms with Crippen molar-refractivity contribution in [3.8, 4) is 0 Å². The summed E-state index contributed by atoms with van der Waals surface area (Å²) in [6, 6.07) is 28.5. The second-order valence-electron chi connectivity index (χ2n) is 12.1. The molecule has 1 amide bonds. The van der Waals surface area contributed by atoms with Gasteiger partial charge in [0.25, 0.3) is 0 Å². The molecule has 44 heavy (non-hydrogen) atoms. The second kappa shape index (κ2) is 12.0. The molecule has 6 unspecified atom stereocenters. The number of carbonyl (C=O) groups is 2. The van der Waals surface area contributed by atoms with Gasteiger partial charge in [-0.2, -0.15) is 0 Å². The summed E-state index contributed by atoms with van der Waals surface area (Å²) in [5.74, 6) is -2.14. The first-order valence-electron chi connectivity index (χ1n) is 14.8. The van der Waals surface area contributed by atoms with Crippen molar-refractivity contribution in [2.45, 2.75) is 55.8 Å². The number of carbonyl (C=O) groups excluding carboxylic acids is 1. The molecule has 226 valence electrons. The third-order valence-electron chi connectivity index (χ3n) is 9.12. The minimum absolute atomic E-state index is 0.0846. The molecule has 0 aromatic heterocycles. The molecule has 1 spiro atoms. The molecule has 0 saturated carbocycles. The first-order chi connectivity index (χ1) is 21.1. The summed E-state index contributed by atoms with van der Waals surface area (Å²) in [6.45, 7) is 4.13. The van der Waals surface area contributed by atoms with Gasteiger partial charge in [0, 0.05) is 27.7 Å². The number of aliphatic hydroxyl groups is 1. The van der Waals surface area contributed by atoms with Gasteiger partial charge in [-0.25, -0.2) is 0 Å². The maximum atomic E-state index is 14.7. The summed E-state index contributed by atoms with van der Waals surface area (Å²) < 4.78 is 0. The summed E-state index contributed by atoms with van der Waals surface area (Å²) in [5, 5.41) is 27.4. The normalized spacial score (nSPS) is 24.3. The molecule has 1 fully saturated rings. The SMILES string of the molecule is CC(C)CC1N(C(c2ccccc2)C(O)c2ccccc2)C(C(=O)O)C(c2cccc(Cl)c2)C12C(=O)Nc1cc(Cl)ccc12. The number of fused-ring (bicyclic) bond motifs is 2. The zero-order chi connectivity index (χ0) is 31.2. The maximum absolute atomic E-state index is 14.7. The lowest BCUT2D eigenvalue weighted by atomic mass is 9.63. The Hall–Kier alpha value is -3.68. The van der Waals surface area contributed by atoms with Crippen LogP contribution in [-0.4, -0.2) is 39.1 Å². The monoisotopic (exact) mass is 628 g/mol.